The monoisotopic (exact) mass is 391 g/mol. The molecule has 0 radical (unpaired) electrons. The Morgan fingerprint density at radius 2 is 1.97 bits per heavy atom. The van der Waals surface area contributed by atoms with Crippen LogP contribution in [0.5, 0.6) is 0 Å². The van der Waals surface area contributed by atoms with Gasteiger partial charge in [0.05, 0.1) is 11.9 Å². The number of oxime groups is 1. The maximum Gasteiger partial charge on any atom is 0.303 e. The van der Waals surface area contributed by atoms with Crippen LogP contribution in [0.15, 0.2) is 59.9 Å². The smallest absolute Gasteiger partial charge is 0.303 e. The van der Waals surface area contributed by atoms with Gasteiger partial charge >= 0.3 is 5.97 Å². The first kappa shape index (κ1) is 20.3. The fourth-order valence-corrected chi connectivity index (χ4v) is 2.98. The van der Waals surface area contributed by atoms with Gasteiger partial charge in [0.2, 0.25) is 0 Å². The SMILES string of the molecule is Cc1ccc(C)c(-c2nn(-c3ccccc3)cc2/C=N/OCCCCC(=O)O)c1. The number of aliphatic carboxylic acids is 1. The van der Waals surface area contributed by atoms with Crippen molar-refractivity contribution in [1.29, 1.82) is 0 Å². The summed E-state index contributed by atoms with van der Waals surface area (Å²) in [7, 11) is 0. The molecule has 0 amide bonds. The summed E-state index contributed by atoms with van der Waals surface area (Å²) in [5.41, 5.74) is 6.02. The number of rotatable bonds is 9. The average Bonchev–Trinajstić information content (AvgIpc) is 3.13. The van der Waals surface area contributed by atoms with E-state index in [0.29, 0.717) is 19.4 Å². The van der Waals surface area contributed by atoms with Gasteiger partial charge < -0.3 is 9.94 Å². The van der Waals surface area contributed by atoms with E-state index in [1.807, 2.05) is 41.2 Å². The molecule has 1 heterocycles. The normalized spacial score (nSPS) is 11.1. The second kappa shape index (κ2) is 9.68. The first-order valence-electron chi connectivity index (χ1n) is 9.64. The molecule has 1 aromatic heterocycles. The molecule has 0 fully saturated rings. The number of hydrogen-bond acceptors (Lipinski definition) is 4. The Bertz CT molecular complexity index is 994. The number of carboxylic acid groups (broad SMARTS) is 1. The third-order valence-electron chi connectivity index (χ3n) is 4.55. The van der Waals surface area contributed by atoms with Gasteiger partial charge in [-0.1, -0.05) is 41.1 Å². The molecular formula is C23H25N3O3. The lowest BCUT2D eigenvalue weighted by atomic mass is 10.0. The van der Waals surface area contributed by atoms with E-state index in [2.05, 4.69) is 37.2 Å². The van der Waals surface area contributed by atoms with E-state index in [1.54, 1.807) is 6.21 Å². The lowest BCUT2D eigenvalue weighted by Gasteiger charge is -2.05. The molecule has 0 unspecified atom stereocenters. The zero-order valence-corrected chi connectivity index (χ0v) is 16.7. The minimum Gasteiger partial charge on any atom is -0.481 e. The topological polar surface area (TPSA) is 76.7 Å². The largest absolute Gasteiger partial charge is 0.481 e. The van der Waals surface area contributed by atoms with Crippen LogP contribution >= 0.6 is 0 Å². The summed E-state index contributed by atoms with van der Waals surface area (Å²) in [6.07, 6.45) is 4.97. The van der Waals surface area contributed by atoms with Crippen LogP contribution in [-0.2, 0) is 9.63 Å². The van der Waals surface area contributed by atoms with Crippen LogP contribution in [0, 0.1) is 13.8 Å². The molecule has 6 nitrogen and oxygen atoms in total. The maximum absolute atomic E-state index is 10.5. The van der Waals surface area contributed by atoms with Crippen molar-refractivity contribution in [1.82, 2.24) is 9.78 Å². The first-order valence-corrected chi connectivity index (χ1v) is 9.64. The van der Waals surface area contributed by atoms with Crippen molar-refractivity contribution in [3.05, 3.63) is 71.4 Å². The van der Waals surface area contributed by atoms with Crippen LogP contribution in [0.25, 0.3) is 16.9 Å². The van der Waals surface area contributed by atoms with E-state index in [0.717, 1.165) is 33.6 Å². The lowest BCUT2D eigenvalue weighted by Crippen LogP contribution is -1.96. The van der Waals surface area contributed by atoms with E-state index >= 15 is 0 Å². The van der Waals surface area contributed by atoms with Gasteiger partial charge in [-0.05, 0) is 50.5 Å². The summed E-state index contributed by atoms with van der Waals surface area (Å²) in [5, 5.41) is 17.5. The van der Waals surface area contributed by atoms with Gasteiger partial charge in [0.1, 0.15) is 12.3 Å². The fraction of sp³-hybridized carbons (Fsp3) is 0.261. The predicted octanol–water partition coefficient (Wildman–Crippen LogP) is 4.76. The number of para-hydroxylation sites is 1. The standard InChI is InChI=1S/C23H25N3O3/c1-17-11-12-18(2)21(14-17)23-19(15-24-29-13-7-6-10-22(27)28)16-26(25-23)20-8-4-3-5-9-20/h3-5,8-9,11-12,14-16H,6-7,10,13H2,1-2H3,(H,27,28)/b24-15+. The van der Waals surface area contributed by atoms with Gasteiger partial charge in [0, 0.05) is 23.7 Å². The van der Waals surface area contributed by atoms with Crippen molar-refractivity contribution in [2.24, 2.45) is 5.16 Å². The van der Waals surface area contributed by atoms with Crippen LogP contribution in [0.1, 0.15) is 36.0 Å². The Morgan fingerprint density at radius 1 is 1.17 bits per heavy atom. The number of unbranched alkanes of at least 4 members (excludes halogenated alkanes) is 1. The predicted molar refractivity (Wildman–Crippen MR) is 114 cm³/mol. The van der Waals surface area contributed by atoms with E-state index in [-0.39, 0.29) is 6.42 Å². The summed E-state index contributed by atoms with van der Waals surface area (Å²) < 4.78 is 1.84. The van der Waals surface area contributed by atoms with Crippen molar-refractivity contribution in [2.45, 2.75) is 33.1 Å². The average molecular weight is 391 g/mol. The number of carboxylic acids is 1. The van der Waals surface area contributed by atoms with Crippen LogP contribution in [0.3, 0.4) is 0 Å². The van der Waals surface area contributed by atoms with Crippen LogP contribution in [-0.4, -0.2) is 33.7 Å². The highest BCUT2D eigenvalue weighted by atomic mass is 16.6. The highest BCUT2D eigenvalue weighted by molar-refractivity contribution is 5.89. The Hall–Kier alpha value is -3.41. The Kier molecular flexibility index (Phi) is 6.79. The summed E-state index contributed by atoms with van der Waals surface area (Å²) in [5.74, 6) is -0.792. The third kappa shape index (κ3) is 5.54. The summed E-state index contributed by atoms with van der Waals surface area (Å²) in [6, 6.07) is 16.2. The number of aromatic nitrogens is 2. The number of carbonyl (C=O) groups is 1. The van der Waals surface area contributed by atoms with E-state index in [9.17, 15) is 4.79 Å². The lowest BCUT2D eigenvalue weighted by molar-refractivity contribution is -0.137. The van der Waals surface area contributed by atoms with Gasteiger partial charge in [-0.15, -0.1) is 0 Å². The molecule has 0 aliphatic rings. The van der Waals surface area contributed by atoms with E-state index in [1.165, 1.54) is 0 Å². The molecule has 3 aromatic rings. The van der Waals surface area contributed by atoms with E-state index < -0.39 is 5.97 Å². The first-order chi connectivity index (χ1) is 14.0. The van der Waals surface area contributed by atoms with E-state index in [4.69, 9.17) is 15.0 Å². The fourth-order valence-electron chi connectivity index (χ4n) is 2.98. The van der Waals surface area contributed by atoms with Gasteiger partial charge in [-0.2, -0.15) is 5.10 Å². The van der Waals surface area contributed by atoms with Crippen LogP contribution < -0.4 is 0 Å². The minimum atomic E-state index is -0.792. The second-order valence-corrected chi connectivity index (χ2v) is 6.95. The molecule has 0 atom stereocenters. The van der Waals surface area contributed by atoms with Crippen molar-refractivity contribution >= 4 is 12.2 Å². The summed E-state index contributed by atoms with van der Waals surface area (Å²) >= 11 is 0. The molecule has 0 aliphatic heterocycles. The molecule has 0 aliphatic carbocycles. The number of nitrogens with zero attached hydrogens (tertiary/aromatic N) is 3. The molecule has 1 N–H and O–H groups in total. The molecule has 3 rings (SSSR count). The molecule has 0 spiro atoms. The molecule has 150 valence electrons. The van der Waals surface area contributed by atoms with Gasteiger partial charge in [0.15, 0.2) is 0 Å². The summed E-state index contributed by atoms with van der Waals surface area (Å²) in [4.78, 5) is 15.9. The Morgan fingerprint density at radius 3 is 2.72 bits per heavy atom. The Labute approximate surface area is 170 Å². The van der Waals surface area contributed by atoms with Crippen molar-refractivity contribution in [3.63, 3.8) is 0 Å². The molecule has 2 aromatic carbocycles. The van der Waals surface area contributed by atoms with Crippen molar-refractivity contribution < 1.29 is 14.7 Å². The maximum atomic E-state index is 10.5. The minimum absolute atomic E-state index is 0.147. The molecule has 0 bridgehead atoms. The number of benzene rings is 2. The zero-order chi connectivity index (χ0) is 20.6. The number of aryl methyl sites for hydroxylation is 2. The molecule has 29 heavy (non-hydrogen) atoms. The highest BCUT2D eigenvalue weighted by Gasteiger charge is 2.13. The Balaban J connectivity index is 1.83. The van der Waals surface area contributed by atoms with Crippen molar-refractivity contribution in [2.75, 3.05) is 6.61 Å². The zero-order valence-electron chi connectivity index (χ0n) is 16.7. The quantitative estimate of drug-likeness (QED) is 0.324. The molecule has 0 saturated carbocycles. The highest BCUT2D eigenvalue weighted by Crippen LogP contribution is 2.27. The van der Waals surface area contributed by atoms with Gasteiger partial charge in [-0.3, -0.25) is 4.79 Å². The molecule has 6 heteroatoms. The van der Waals surface area contributed by atoms with Crippen LogP contribution in [0.4, 0.5) is 0 Å². The molecule has 0 saturated heterocycles. The third-order valence-corrected chi connectivity index (χ3v) is 4.55. The second-order valence-electron chi connectivity index (χ2n) is 6.95. The van der Waals surface area contributed by atoms with Gasteiger partial charge in [-0.25, -0.2) is 4.68 Å². The number of hydrogen-bond donors (Lipinski definition) is 1. The molecular weight excluding hydrogens is 366 g/mol. The van der Waals surface area contributed by atoms with Crippen molar-refractivity contribution in [3.8, 4) is 16.9 Å². The summed E-state index contributed by atoms with van der Waals surface area (Å²) in [6.45, 7) is 4.51. The van der Waals surface area contributed by atoms with Crippen LogP contribution in [0.2, 0.25) is 0 Å². The van der Waals surface area contributed by atoms with Gasteiger partial charge in [0.25, 0.3) is 0 Å².